The second-order valence-corrected chi connectivity index (χ2v) is 16.4. The Balaban J connectivity index is 1.11. The highest BCUT2D eigenvalue weighted by molar-refractivity contribution is 7.33. The molecular formula is C52H30S2. The van der Waals surface area contributed by atoms with Gasteiger partial charge in [0.2, 0.25) is 0 Å². The fourth-order valence-electron chi connectivity index (χ4n) is 9.11. The van der Waals surface area contributed by atoms with Crippen LogP contribution in [0.5, 0.6) is 0 Å². The first-order chi connectivity index (χ1) is 26.8. The van der Waals surface area contributed by atoms with Gasteiger partial charge < -0.3 is 0 Å². The highest BCUT2D eigenvalue weighted by atomic mass is 32.1. The smallest absolute Gasteiger partial charge is 0.0540 e. The minimum absolute atomic E-state index is 1.23. The van der Waals surface area contributed by atoms with Gasteiger partial charge in [0, 0.05) is 30.9 Å². The molecule has 0 bridgehead atoms. The Labute approximate surface area is 319 Å². The molecule has 10 aromatic carbocycles. The van der Waals surface area contributed by atoms with Gasteiger partial charge in [-0.2, -0.15) is 0 Å². The first-order valence-electron chi connectivity index (χ1n) is 18.5. The number of thiophene rings is 2. The zero-order chi connectivity index (χ0) is 35.3. The van der Waals surface area contributed by atoms with E-state index in [2.05, 4.69) is 182 Å². The lowest BCUT2D eigenvalue weighted by molar-refractivity contribution is 1.65. The fraction of sp³-hybridized carbons (Fsp3) is 0. The molecule has 0 saturated carbocycles. The molecule has 0 fully saturated rings. The highest BCUT2D eigenvalue weighted by Crippen LogP contribution is 2.50. The van der Waals surface area contributed by atoms with Crippen molar-refractivity contribution in [3.8, 4) is 33.4 Å². The second kappa shape index (κ2) is 11.6. The monoisotopic (exact) mass is 718 g/mol. The van der Waals surface area contributed by atoms with Crippen LogP contribution >= 0.6 is 22.7 Å². The lowest BCUT2D eigenvalue weighted by atomic mass is 9.84. The maximum Gasteiger partial charge on any atom is 0.0540 e. The summed E-state index contributed by atoms with van der Waals surface area (Å²) in [7, 11) is 0. The first kappa shape index (κ1) is 30.2. The van der Waals surface area contributed by atoms with Crippen LogP contribution in [0.15, 0.2) is 182 Å². The van der Waals surface area contributed by atoms with Gasteiger partial charge in [-0.15, -0.1) is 22.7 Å². The van der Waals surface area contributed by atoms with Crippen LogP contribution in [0.4, 0.5) is 0 Å². The van der Waals surface area contributed by atoms with Crippen LogP contribution in [-0.4, -0.2) is 0 Å². The molecule has 2 heteroatoms. The molecule has 2 heterocycles. The average Bonchev–Trinajstić information content (AvgIpc) is 3.82. The van der Waals surface area contributed by atoms with Crippen molar-refractivity contribution in [1.29, 1.82) is 0 Å². The highest BCUT2D eigenvalue weighted by Gasteiger charge is 2.21. The average molecular weight is 719 g/mol. The van der Waals surface area contributed by atoms with Crippen LogP contribution in [-0.2, 0) is 0 Å². The van der Waals surface area contributed by atoms with Crippen LogP contribution in [0.3, 0.4) is 0 Å². The molecule has 2 aromatic heterocycles. The van der Waals surface area contributed by atoms with Gasteiger partial charge in [0.1, 0.15) is 0 Å². The molecule has 0 nitrogen and oxygen atoms in total. The summed E-state index contributed by atoms with van der Waals surface area (Å²) in [6.45, 7) is 0. The van der Waals surface area contributed by atoms with E-state index in [0.29, 0.717) is 0 Å². The Morgan fingerprint density at radius 3 is 1.54 bits per heavy atom. The van der Waals surface area contributed by atoms with Crippen molar-refractivity contribution in [3.05, 3.63) is 182 Å². The van der Waals surface area contributed by atoms with Crippen molar-refractivity contribution >= 4 is 106 Å². The molecular weight excluding hydrogens is 689 g/mol. The van der Waals surface area contributed by atoms with E-state index in [0.717, 1.165) is 0 Å². The lowest BCUT2D eigenvalue weighted by Crippen LogP contribution is -1.91. The molecule has 12 aromatic rings. The van der Waals surface area contributed by atoms with E-state index in [9.17, 15) is 0 Å². The van der Waals surface area contributed by atoms with E-state index in [1.807, 2.05) is 22.7 Å². The van der Waals surface area contributed by atoms with Crippen molar-refractivity contribution in [2.75, 3.05) is 0 Å². The number of fused-ring (bicyclic) bond motifs is 12. The van der Waals surface area contributed by atoms with E-state index in [1.54, 1.807) is 0 Å². The quantitative estimate of drug-likeness (QED) is 0.160. The minimum atomic E-state index is 1.23. The molecule has 0 atom stereocenters. The molecule has 0 N–H and O–H groups in total. The van der Waals surface area contributed by atoms with Crippen molar-refractivity contribution < 1.29 is 0 Å². The van der Waals surface area contributed by atoms with Crippen LogP contribution in [0, 0.1) is 0 Å². The van der Waals surface area contributed by atoms with Gasteiger partial charge in [-0.1, -0.05) is 164 Å². The summed E-state index contributed by atoms with van der Waals surface area (Å²) in [5.74, 6) is 0. The molecule has 250 valence electrons. The molecule has 0 aliphatic heterocycles. The molecule has 0 radical (unpaired) electrons. The Bertz CT molecular complexity index is 3430. The summed E-state index contributed by atoms with van der Waals surface area (Å²) in [4.78, 5) is 0. The normalized spacial score (nSPS) is 12.1. The Morgan fingerprint density at radius 1 is 0.278 bits per heavy atom. The second-order valence-electron chi connectivity index (χ2n) is 14.3. The number of rotatable bonds is 3. The summed E-state index contributed by atoms with van der Waals surface area (Å²) in [5, 5.41) is 15.7. The van der Waals surface area contributed by atoms with Gasteiger partial charge >= 0.3 is 0 Å². The third kappa shape index (κ3) is 4.30. The SMILES string of the molecule is c1ccc2c(-c3c4ccccc4c(-c4ccc(-c5cc6c(sc7ccc8ccccc8c76)c6sc7ccccc7c56)cc4)c4ccccc34)cccc2c1. The van der Waals surface area contributed by atoms with E-state index in [-0.39, 0.29) is 0 Å². The number of benzene rings is 10. The summed E-state index contributed by atoms with van der Waals surface area (Å²) in [6.07, 6.45) is 0. The molecule has 0 aliphatic carbocycles. The third-order valence-corrected chi connectivity index (χ3v) is 14.0. The summed E-state index contributed by atoms with van der Waals surface area (Å²) < 4.78 is 5.46. The predicted molar refractivity (Wildman–Crippen MR) is 239 cm³/mol. The van der Waals surface area contributed by atoms with Gasteiger partial charge in [0.15, 0.2) is 0 Å². The molecule has 0 aliphatic rings. The van der Waals surface area contributed by atoms with Gasteiger partial charge in [-0.05, 0) is 94.7 Å². The maximum atomic E-state index is 2.49. The lowest BCUT2D eigenvalue weighted by Gasteiger charge is -2.19. The van der Waals surface area contributed by atoms with Crippen LogP contribution < -0.4 is 0 Å². The van der Waals surface area contributed by atoms with Gasteiger partial charge in [-0.25, -0.2) is 0 Å². The molecule has 0 amide bonds. The van der Waals surface area contributed by atoms with Crippen molar-refractivity contribution in [2.45, 2.75) is 0 Å². The maximum absolute atomic E-state index is 2.49. The van der Waals surface area contributed by atoms with Crippen LogP contribution in [0.2, 0.25) is 0 Å². The summed E-state index contributed by atoms with van der Waals surface area (Å²) in [5.41, 5.74) is 7.64. The topological polar surface area (TPSA) is 0 Å². The minimum Gasteiger partial charge on any atom is -0.134 e. The summed E-state index contributed by atoms with van der Waals surface area (Å²) in [6, 6.07) is 67.7. The number of hydrogen-bond acceptors (Lipinski definition) is 2. The molecule has 12 rings (SSSR count). The molecule has 0 spiro atoms. The fourth-order valence-corrected chi connectivity index (χ4v) is 11.7. The predicted octanol–water partition coefficient (Wildman–Crippen LogP) is 16.0. The van der Waals surface area contributed by atoms with Crippen LogP contribution in [0.25, 0.3) is 117 Å². The van der Waals surface area contributed by atoms with Crippen LogP contribution in [0.1, 0.15) is 0 Å². The number of hydrogen-bond donors (Lipinski definition) is 0. The van der Waals surface area contributed by atoms with Crippen molar-refractivity contribution in [2.24, 2.45) is 0 Å². The standard InChI is InChI=1S/C52H30S2/c1-3-15-35-31(12-1)14-11-22-37(35)48-40-19-7-5-17-38(40)47(39-18-6-8-20-41(39)48)34-26-24-33(25-27-34)43-30-44-49-36-16-4-2-13-32(36)28-29-46(49)54-51(44)52-50(43)42-21-9-10-23-45(42)53-52/h1-30H. The molecule has 0 saturated heterocycles. The Kier molecular flexibility index (Phi) is 6.48. The van der Waals surface area contributed by atoms with E-state index in [4.69, 9.17) is 0 Å². The van der Waals surface area contributed by atoms with Gasteiger partial charge in [0.05, 0.1) is 9.40 Å². The van der Waals surface area contributed by atoms with E-state index >= 15 is 0 Å². The zero-order valence-electron chi connectivity index (χ0n) is 29.1. The first-order valence-corrected chi connectivity index (χ1v) is 20.1. The molecule has 0 unspecified atom stereocenters. The third-order valence-electron chi connectivity index (χ3n) is 11.5. The van der Waals surface area contributed by atoms with Gasteiger partial charge in [0.25, 0.3) is 0 Å². The van der Waals surface area contributed by atoms with Crippen molar-refractivity contribution in [3.63, 3.8) is 0 Å². The largest absolute Gasteiger partial charge is 0.134 e. The Hall–Kier alpha value is -6.32. The summed E-state index contributed by atoms with van der Waals surface area (Å²) >= 11 is 3.87. The Morgan fingerprint density at radius 2 is 0.815 bits per heavy atom. The van der Waals surface area contributed by atoms with Crippen molar-refractivity contribution in [1.82, 2.24) is 0 Å². The van der Waals surface area contributed by atoms with E-state index in [1.165, 1.54) is 117 Å². The zero-order valence-corrected chi connectivity index (χ0v) is 30.8. The van der Waals surface area contributed by atoms with E-state index < -0.39 is 0 Å². The molecule has 54 heavy (non-hydrogen) atoms. The van der Waals surface area contributed by atoms with Gasteiger partial charge in [-0.3, -0.25) is 0 Å².